The molecule has 1 N–H and O–H groups in total. The molecule has 1 aromatic heterocycles. The second kappa shape index (κ2) is 5.67. The summed E-state index contributed by atoms with van der Waals surface area (Å²) in [6, 6.07) is 7.93. The molecule has 0 saturated carbocycles. The minimum absolute atomic E-state index is 0.149. The third-order valence-corrected chi connectivity index (χ3v) is 4.77. The molecule has 1 aliphatic heterocycles. The average Bonchev–Trinajstić information content (AvgIpc) is 2.96. The van der Waals surface area contributed by atoms with E-state index in [1.54, 1.807) is 18.2 Å². The standard InChI is InChI=1S/C14H8BrFN2OS2/c15-8-5-9(21-7-8)6-11-13(19)18(14(20)17-11)12-4-2-1-3-10(12)16/h1-7H,(H,17,20)/b11-6+. The summed E-state index contributed by atoms with van der Waals surface area (Å²) in [6.07, 6.45) is 1.70. The Bertz CT molecular complexity index is 772. The van der Waals surface area contributed by atoms with Gasteiger partial charge in [0.1, 0.15) is 11.5 Å². The number of rotatable bonds is 2. The molecule has 106 valence electrons. The van der Waals surface area contributed by atoms with Gasteiger partial charge in [-0.1, -0.05) is 12.1 Å². The van der Waals surface area contributed by atoms with Gasteiger partial charge < -0.3 is 5.32 Å². The lowest BCUT2D eigenvalue weighted by Gasteiger charge is -2.14. The van der Waals surface area contributed by atoms with Crippen LogP contribution in [0.1, 0.15) is 4.88 Å². The number of thiocarbonyl (C=S) groups is 1. The third-order valence-electron chi connectivity index (χ3n) is 2.85. The largest absolute Gasteiger partial charge is 0.327 e. The van der Waals surface area contributed by atoms with Gasteiger partial charge in [0.05, 0.1) is 5.69 Å². The first-order valence-corrected chi connectivity index (χ1v) is 8.00. The minimum atomic E-state index is -0.491. The van der Waals surface area contributed by atoms with E-state index in [-0.39, 0.29) is 16.7 Å². The predicted molar refractivity (Wildman–Crippen MR) is 89.6 cm³/mol. The molecule has 3 nitrogen and oxygen atoms in total. The van der Waals surface area contributed by atoms with Crippen molar-refractivity contribution in [2.24, 2.45) is 0 Å². The fourth-order valence-electron chi connectivity index (χ4n) is 1.93. The predicted octanol–water partition coefficient (Wildman–Crippen LogP) is 3.91. The van der Waals surface area contributed by atoms with Gasteiger partial charge >= 0.3 is 0 Å². The van der Waals surface area contributed by atoms with E-state index >= 15 is 0 Å². The van der Waals surface area contributed by atoms with Crippen molar-refractivity contribution < 1.29 is 9.18 Å². The van der Waals surface area contributed by atoms with Crippen molar-refractivity contribution in [3.8, 4) is 0 Å². The van der Waals surface area contributed by atoms with Crippen molar-refractivity contribution in [2.45, 2.75) is 0 Å². The first kappa shape index (κ1) is 14.4. The van der Waals surface area contributed by atoms with E-state index in [1.165, 1.54) is 28.4 Å². The second-order valence-corrected chi connectivity index (χ2v) is 6.49. The van der Waals surface area contributed by atoms with Crippen LogP contribution in [0.5, 0.6) is 0 Å². The van der Waals surface area contributed by atoms with Crippen LogP contribution in [0, 0.1) is 5.82 Å². The molecular weight excluding hydrogens is 375 g/mol. The van der Waals surface area contributed by atoms with Crippen LogP contribution in [-0.4, -0.2) is 11.0 Å². The average molecular weight is 383 g/mol. The molecule has 1 saturated heterocycles. The third kappa shape index (κ3) is 2.76. The number of nitrogens with one attached hydrogen (secondary N) is 1. The molecule has 0 aliphatic carbocycles. The highest BCUT2D eigenvalue weighted by Gasteiger charge is 2.33. The van der Waals surface area contributed by atoms with Crippen molar-refractivity contribution in [2.75, 3.05) is 4.90 Å². The van der Waals surface area contributed by atoms with Gasteiger partial charge in [-0.25, -0.2) is 9.29 Å². The number of carbonyl (C=O) groups is 1. The highest BCUT2D eigenvalue weighted by Crippen LogP contribution is 2.27. The number of amides is 1. The Balaban J connectivity index is 1.96. The normalized spacial score (nSPS) is 16.7. The summed E-state index contributed by atoms with van der Waals surface area (Å²) in [5, 5.41) is 4.92. The van der Waals surface area contributed by atoms with Gasteiger partial charge in [-0.15, -0.1) is 11.3 Å². The maximum absolute atomic E-state index is 13.8. The van der Waals surface area contributed by atoms with Crippen LogP contribution in [-0.2, 0) is 4.79 Å². The van der Waals surface area contributed by atoms with E-state index < -0.39 is 5.82 Å². The Morgan fingerprint density at radius 1 is 1.38 bits per heavy atom. The molecule has 1 fully saturated rings. The fourth-order valence-corrected chi connectivity index (χ4v) is 3.60. The van der Waals surface area contributed by atoms with Gasteiger partial charge in [-0.3, -0.25) is 4.79 Å². The zero-order valence-corrected chi connectivity index (χ0v) is 13.7. The number of carbonyl (C=O) groups excluding carboxylic acids is 1. The Morgan fingerprint density at radius 2 is 2.14 bits per heavy atom. The maximum Gasteiger partial charge on any atom is 0.281 e. The fraction of sp³-hybridized carbons (Fsp3) is 0. The van der Waals surface area contributed by atoms with E-state index in [0.717, 1.165) is 9.35 Å². The van der Waals surface area contributed by atoms with Crippen LogP contribution < -0.4 is 10.2 Å². The zero-order chi connectivity index (χ0) is 15.0. The minimum Gasteiger partial charge on any atom is -0.327 e. The summed E-state index contributed by atoms with van der Waals surface area (Å²) in [7, 11) is 0. The summed E-state index contributed by atoms with van der Waals surface area (Å²) in [5.74, 6) is -0.857. The molecule has 21 heavy (non-hydrogen) atoms. The van der Waals surface area contributed by atoms with Crippen molar-refractivity contribution in [1.82, 2.24) is 5.32 Å². The summed E-state index contributed by atoms with van der Waals surface area (Å²) < 4.78 is 14.8. The Hall–Kier alpha value is -1.57. The SMILES string of the molecule is O=C1/C(=C\c2cc(Br)cs2)NC(=S)N1c1ccccc1F. The van der Waals surface area contributed by atoms with Gasteiger partial charge in [0.25, 0.3) is 5.91 Å². The molecule has 2 aromatic rings. The molecule has 7 heteroatoms. The number of hydrogen-bond donors (Lipinski definition) is 1. The number of benzene rings is 1. The van der Waals surface area contributed by atoms with Crippen molar-refractivity contribution in [3.05, 3.63) is 56.6 Å². The summed E-state index contributed by atoms with van der Waals surface area (Å²) in [5.41, 5.74) is 0.480. The van der Waals surface area contributed by atoms with Crippen molar-refractivity contribution in [3.63, 3.8) is 0 Å². The number of thiophene rings is 1. The summed E-state index contributed by atoms with van der Waals surface area (Å²) >= 11 is 9.98. The highest BCUT2D eigenvalue weighted by molar-refractivity contribution is 9.10. The number of para-hydroxylation sites is 1. The topological polar surface area (TPSA) is 32.3 Å². The van der Waals surface area contributed by atoms with E-state index in [9.17, 15) is 9.18 Å². The Kier molecular flexibility index (Phi) is 3.88. The van der Waals surface area contributed by atoms with Crippen LogP contribution >= 0.6 is 39.5 Å². The molecule has 3 rings (SSSR count). The van der Waals surface area contributed by atoms with Crippen LogP contribution in [0.2, 0.25) is 0 Å². The van der Waals surface area contributed by atoms with Crippen LogP contribution in [0.25, 0.3) is 6.08 Å². The Labute approximate surface area is 138 Å². The van der Waals surface area contributed by atoms with Crippen molar-refractivity contribution in [1.29, 1.82) is 0 Å². The van der Waals surface area contributed by atoms with Crippen molar-refractivity contribution >= 4 is 62.3 Å². The monoisotopic (exact) mass is 382 g/mol. The van der Waals surface area contributed by atoms with Gasteiger partial charge in [-0.2, -0.15) is 0 Å². The van der Waals surface area contributed by atoms with Crippen LogP contribution in [0.3, 0.4) is 0 Å². The maximum atomic E-state index is 13.8. The lowest BCUT2D eigenvalue weighted by Crippen LogP contribution is -2.31. The summed E-state index contributed by atoms with van der Waals surface area (Å²) in [4.78, 5) is 14.5. The Morgan fingerprint density at radius 3 is 2.81 bits per heavy atom. The van der Waals surface area contributed by atoms with Gasteiger partial charge in [0, 0.05) is 14.7 Å². The van der Waals surface area contributed by atoms with Gasteiger partial charge in [-0.05, 0) is 52.4 Å². The van der Waals surface area contributed by atoms with E-state index in [4.69, 9.17) is 12.2 Å². The second-order valence-electron chi connectivity index (χ2n) is 4.25. The van der Waals surface area contributed by atoms with Gasteiger partial charge in [0.2, 0.25) is 0 Å². The molecule has 0 bridgehead atoms. The molecule has 1 aromatic carbocycles. The number of anilines is 1. The highest BCUT2D eigenvalue weighted by atomic mass is 79.9. The smallest absolute Gasteiger partial charge is 0.281 e. The number of hydrogen-bond acceptors (Lipinski definition) is 3. The zero-order valence-electron chi connectivity index (χ0n) is 10.5. The lowest BCUT2D eigenvalue weighted by molar-refractivity contribution is -0.113. The number of nitrogens with zero attached hydrogens (tertiary/aromatic N) is 1. The molecule has 2 heterocycles. The molecule has 0 radical (unpaired) electrons. The van der Waals surface area contributed by atoms with Gasteiger partial charge in [0.15, 0.2) is 5.11 Å². The quantitative estimate of drug-likeness (QED) is 0.631. The first-order valence-electron chi connectivity index (χ1n) is 5.92. The molecular formula is C14H8BrFN2OS2. The van der Waals surface area contributed by atoms with E-state index in [0.29, 0.717) is 5.70 Å². The van der Waals surface area contributed by atoms with E-state index in [1.807, 2.05) is 11.4 Å². The van der Waals surface area contributed by atoms with Crippen LogP contribution in [0.4, 0.5) is 10.1 Å². The van der Waals surface area contributed by atoms with Crippen LogP contribution in [0.15, 0.2) is 45.9 Å². The molecule has 1 amide bonds. The molecule has 0 spiro atoms. The summed E-state index contributed by atoms with van der Waals surface area (Å²) in [6.45, 7) is 0. The lowest BCUT2D eigenvalue weighted by atomic mass is 10.2. The van der Waals surface area contributed by atoms with E-state index in [2.05, 4.69) is 21.2 Å². The molecule has 1 aliphatic rings. The number of halogens is 2. The first-order chi connectivity index (χ1) is 10.1. The molecule has 0 unspecified atom stereocenters. The molecule has 0 atom stereocenters.